The van der Waals surface area contributed by atoms with E-state index in [-0.39, 0.29) is 5.91 Å². The van der Waals surface area contributed by atoms with Crippen LogP contribution in [0.5, 0.6) is 0 Å². The van der Waals surface area contributed by atoms with Crippen LogP contribution in [0.25, 0.3) is 21.5 Å². The molecule has 1 fully saturated rings. The van der Waals surface area contributed by atoms with Crippen LogP contribution < -0.4 is 4.90 Å². The van der Waals surface area contributed by atoms with Gasteiger partial charge in [-0.05, 0) is 54.8 Å². The molecule has 0 spiro atoms. The Morgan fingerprint density at radius 3 is 2.58 bits per heavy atom. The van der Waals surface area contributed by atoms with E-state index >= 15 is 0 Å². The summed E-state index contributed by atoms with van der Waals surface area (Å²) < 4.78 is 0. The molecule has 0 aliphatic carbocycles. The Morgan fingerprint density at radius 2 is 1.84 bits per heavy atom. The molecule has 5 rings (SSSR count). The second-order valence-electron chi connectivity index (χ2n) is 7.81. The first-order valence-electron chi connectivity index (χ1n) is 10.3. The summed E-state index contributed by atoms with van der Waals surface area (Å²) in [6, 6.07) is 20.0. The third-order valence-electron chi connectivity index (χ3n) is 5.71. The fraction of sp³-hybridized carbons (Fsp3) is 0.200. The summed E-state index contributed by atoms with van der Waals surface area (Å²) in [7, 11) is 0. The van der Waals surface area contributed by atoms with E-state index in [1.165, 1.54) is 0 Å². The van der Waals surface area contributed by atoms with Gasteiger partial charge < -0.3 is 9.80 Å². The van der Waals surface area contributed by atoms with E-state index < -0.39 is 0 Å². The molecule has 0 saturated carbocycles. The van der Waals surface area contributed by atoms with Gasteiger partial charge in [0.25, 0.3) is 5.91 Å². The minimum absolute atomic E-state index is 0.0709. The molecule has 1 amide bonds. The summed E-state index contributed by atoms with van der Waals surface area (Å²) in [5.74, 6) is 0.0709. The molecule has 3 heterocycles. The normalized spacial score (nSPS) is 14.3. The van der Waals surface area contributed by atoms with Crippen LogP contribution in [0.2, 0.25) is 5.02 Å². The lowest BCUT2D eigenvalue weighted by atomic mass is 10.0. The number of nitrogens with zero attached hydrogens (tertiary/aromatic N) is 3. The lowest BCUT2D eigenvalue weighted by Gasteiger charge is -2.36. The summed E-state index contributed by atoms with van der Waals surface area (Å²) in [5, 5.41) is 3.69. The number of rotatable bonds is 3. The Bertz CT molecular complexity index is 1250. The number of aromatic nitrogens is 1. The van der Waals surface area contributed by atoms with Gasteiger partial charge in [0, 0.05) is 42.3 Å². The summed E-state index contributed by atoms with van der Waals surface area (Å²) in [5.41, 5.74) is 4.67. The van der Waals surface area contributed by atoms with Crippen molar-refractivity contribution in [3.63, 3.8) is 0 Å². The fourth-order valence-corrected chi connectivity index (χ4v) is 4.95. The Kier molecular flexibility index (Phi) is 5.38. The number of anilines is 1. The van der Waals surface area contributed by atoms with E-state index in [2.05, 4.69) is 17.0 Å². The third-order valence-corrected chi connectivity index (χ3v) is 6.84. The minimum atomic E-state index is 0.0709. The number of amides is 1. The number of carbonyl (C=O) groups is 1. The first-order chi connectivity index (χ1) is 15.1. The number of thiophene rings is 1. The summed E-state index contributed by atoms with van der Waals surface area (Å²) in [6.45, 7) is 4.97. The van der Waals surface area contributed by atoms with Crippen molar-refractivity contribution in [3.05, 3.63) is 82.2 Å². The molecular formula is C25H22ClN3OS. The van der Waals surface area contributed by atoms with Gasteiger partial charge >= 0.3 is 0 Å². The second-order valence-corrected chi connectivity index (χ2v) is 9.20. The van der Waals surface area contributed by atoms with Gasteiger partial charge in [0.1, 0.15) is 0 Å². The van der Waals surface area contributed by atoms with Crippen LogP contribution in [0.1, 0.15) is 15.9 Å². The molecule has 6 heteroatoms. The number of hydrogen-bond acceptors (Lipinski definition) is 4. The van der Waals surface area contributed by atoms with E-state index in [0.717, 1.165) is 56.4 Å². The van der Waals surface area contributed by atoms with Gasteiger partial charge in [-0.25, -0.2) is 4.98 Å². The largest absolute Gasteiger partial charge is 0.368 e. The number of piperazine rings is 1. The lowest BCUT2D eigenvalue weighted by Crippen LogP contribution is -2.48. The van der Waals surface area contributed by atoms with Gasteiger partial charge in [0.15, 0.2) is 0 Å². The van der Waals surface area contributed by atoms with Crippen molar-refractivity contribution in [2.75, 3.05) is 31.1 Å². The average molecular weight is 448 g/mol. The van der Waals surface area contributed by atoms with Crippen molar-refractivity contribution >= 4 is 45.4 Å². The van der Waals surface area contributed by atoms with Crippen molar-refractivity contribution in [1.82, 2.24) is 9.88 Å². The molecular weight excluding hydrogens is 426 g/mol. The molecule has 0 bridgehead atoms. The maximum atomic E-state index is 13.6. The monoisotopic (exact) mass is 447 g/mol. The van der Waals surface area contributed by atoms with Crippen molar-refractivity contribution in [1.29, 1.82) is 0 Å². The smallest absolute Gasteiger partial charge is 0.254 e. The predicted octanol–water partition coefficient (Wildman–Crippen LogP) is 5.89. The zero-order chi connectivity index (χ0) is 21.4. The second kappa shape index (κ2) is 8.33. The van der Waals surface area contributed by atoms with Crippen LogP contribution in [0.15, 0.2) is 66.0 Å². The van der Waals surface area contributed by atoms with Gasteiger partial charge in [0.2, 0.25) is 0 Å². The topological polar surface area (TPSA) is 36.4 Å². The van der Waals surface area contributed by atoms with Gasteiger partial charge in [-0.2, -0.15) is 0 Å². The molecule has 1 saturated heterocycles. The SMILES string of the molecule is Cc1ccc2nc(-c3cccs3)cc(C(=O)N3CCN(c4cccc(Cl)c4)CC3)c2c1. The first kappa shape index (κ1) is 20.0. The van der Waals surface area contributed by atoms with E-state index in [1.54, 1.807) is 11.3 Å². The summed E-state index contributed by atoms with van der Waals surface area (Å²) in [4.78, 5) is 23.7. The lowest BCUT2D eigenvalue weighted by molar-refractivity contribution is 0.0748. The van der Waals surface area contributed by atoms with E-state index in [0.29, 0.717) is 13.1 Å². The standard InChI is InChI=1S/C25H22ClN3OS/c1-17-7-8-22-20(14-17)21(16-23(27-22)24-6-3-13-31-24)25(30)29-11-9-28(10-12-29)19-5-2-4-18(26)15-19/h2-8,13-16H,9-12H2,1H3. The molecule has 0 atom stereocenters. The van der Waals surface area contributed by atoms with Gasteiger partial charge in [-0.3, -0.25) is 4.79 Å². The molecule has 1 aliphatic rings. The van der Waals surface area contributed by atoms with Gasteiger partial charge in [-0.15, -0.1) is 11.3 Å². The number of fused-ring (bicyclic) bond motifs is 1. The minimum Gasteiger partial charge on any atom is -0.368 e. The highest BCUT2D eigenvalue weighted by molar-refractivity contribution is 7.13. The Labute approximate surface area is 190 Å². The average Bonchev–Trinajstić information content (AvgIpc) is 3.33. The number of pyridine rings is 1. The van der Waals surface area contributed by atoms with Crippen molar-refractivity contribution < 1.29 is 4.79 Å². The molecule has 4 aromatic rings. The highest BCUT2D eigenvalue weighted by Crippen LogP contribution is 2.30. The van der Waals surface area contributed by atoms with Crippen molar-refractivity contribution in [2.45, 2.75) is 6.92 Å². The number of benzene rings is 2. The summed E-state index contributed by atoms with van der Waals surface area (Å²) in [6.07, 6.45) is 0. The summed E-state index contributed by atoms with van der Waals surface area (Å²) >= 11 is 7.79. The van der Waals surface area contributed by atoms with Crippen LogP contribution in [0.4, 0.5) is 5.69 Å². The number of aryl methyl sites for hydroxylation is 1. The van der Waals surface area contributed by atoms with E-state index in [9.17, 15) is 4.79 Å². The zero-order valence-electron chi connectivity index (χ0n) is 17.2. The molecule has 2 aromatic carbocycles. The van der Waals surface area contributed by atoms with Crippen LogP contribution in [0, 0.1) is 6.92 Å². The molecule has 156 valence electrons. The molecule has 0 unspecified atom stereocenters. The number of hydrogen-bond donors (Lipinski definition) is 0. The fourth-order valence-electron chi connectivity index (χ4n) is 4.08. The van der Waals surface area contributed by atoms with E-state index in [4.69, 9.17) is 16.6 Å². The molecule has 0 radical (unpaired) electrons. The van der Waals surface area contributed by atoms with Crippen LogP contribution in [-0.2, 0) is 0 Å². The maximum absolute atomic E-state index is 13.6. The van der Waals surface area contributed by atoms with Crippen molar-refractivity contribution in [2.24, 2.45) is 0 Å². The highest BCUT2D eigenvalue weighted by atomic mass is 35.5. The highest BCUT2D eigenvalue weighted by Gasteiger charge is 2.25. The maximum Gasteiger partial charge on any atom is 0.254 e. The molecule has 1 aliphatic heterocycles. The predicted molar refractivity (Wildman–Crippen MR) is 129 cm³/mol. The van der Waals surface area contributed by atoms with Crippen molar-refractivity contribution in [3.8, 4) is 10.6 Å². The Morgan fingerprint density at radius 1 is 1.00 bits per heavy atom. The first-order valence-corrected chi connectivity index (χ1v) is 11.6. The quantitative estimate of drug-likeness (QED) is 0.393. The van der Waals surface area contributed by atoms with Crippen LogP contribution in [0.3, 0.4) is 0 Å². The molecule has 31 heavy (non-hydrogen) atoms. The van der Waals surface area contributed by atoms with Gasteiger partial charge in [-0.1, -0.05) is 35.4 Å². The number of halogens is 1. The molecule has 2 aromatic heterocycles. The Balaban J connectivity index is 1.45. The third kappa shape index (κ3) is 4.03. The molecule has 0 N–H and O–H groups in total. The van der Waals surface area contributed by atoms with Crippen LogP contribution >= 0.6 is 22.9 Å². The van der Waals surface area contributed by atoms with Crippen LogP contribution in [-0.4, -0.2) is 42.0 Å². The van der Waals surface area contributed by atoms with E-state index in [1.807, 2.05) is 65.7 Å². The number of carbonyl (C=O) groups excluding carboxylic acids is 1. The zero-order valence-corrected chi connectivity index (χ0v) is 18.8. The van der Waals surface area contributed by atoms with Gasteiger partial charge in [0.05, 0.1) is 21.7 Å². The molecule has 4 nitrogen and oxygen atoms in total. The Hall–Kier alpha value is -2.89.